The van der Waals surface area contributed by atoms with Gasteiger partial charge in [-0.25, -0.2) is 10.4 Å². The molecular formula is C20H19ClN4O6. The van der Waals surface area contributed by atoms with Crippen molar-refractivity contribution in [2.75, 3.05) is 13.7 Å². The monoisotopic (exact) mass is 446 g/mol. The van der Waals surface area contributed by atoms with Crippen LogP contribution in [0.3, 0.4) is 0 Å². The second-order valence-corrected chi connectivity index (χ2v) is 6.87. The van der Waals surface area contributed by atoms with Crippen molar-refractivity contribution >= 4 is 34.3 Å². The van der Waals surface area contributed by atoms with Gasteiger partial charge in [0.15, 0.2) is 5.69 Å². The topological polar surface area (TPSA) is 157 Å². The fraction of sp³-hybridized carbons (Fsp3) is 0.200. The molecule has 2 aromatic carbocycles. The number of rotatable bonds is 7. The normalized spacial score (nSPS) is 13.6. The number of benzene rings is 2. The molecule has 1 heterocycles. The molecular weight excluding hydrogens is 428 g/mol. The summed E-state index contributed by atoms with van der Waals surface area (Å²) < 4.78 is 5.03. The summed E-state index contributed by atoms with van der Waals surface area (Å²) >= 11 is 5.97. The van der Waals surface area contributed by atoms with Gasteiger partial charge in [0.25, 0.3) is 11.5 Å². The van der Waals surface area contributed by atoms with Crippen LogP contribution in [0.1, 0.15) is 16.1 Å². The van der Waals surface area contributed by atoms with Crippen molar-refractivity contribution < 1.29 is 24.9 Å². The summed E-state index contributed by atoms with van der Waals surface area (Å²) in [6, 6.07) is 10.7. The standard InChI is InChI=1S/C20H19ClN4O6/c1-31-12-5-2-10(3-6-12)19(29)25-24-16(18(28)15(27)9-26)17-20(30)23-13-7-4-11(21)8-14(13)22-17/h2-8,15,18,26-28H,9H2,1H3,(H,23,30)(H,25,29)/b24-16-. The number of H-pyrrole nitrogens is 1. The Morgan fingerprint density at radius 2 is 1.97 bits per heavy atom. The zero-order valence-electron chi connectivity index (χ0n) is 16.2. The highest BCUT2D eigenvalue weighted by Crippen LogP contribution is 2.16. The maximum atomic E-state index is 12.5. The lowest BCUT2D eigenvalue weighted by molar-refractivity contribution is 0.0183. The zero-order valence-corrected chi connectivity index (χ0v) is 17.0. The minimum absolute atomic E-state index is 0.230. The predicted molar refractivity (Wildman–Crippen MR) is 113 cm³/mol. The molecule has 0 saturated carbocycles. The molecule has 2 atom stereocenters. The Kier molecular flexibility index (Phi) is 6.98. The molecule has 0 spiro atoms. The van der Waals surface area contributed by atoms with Gasteiger partial charge in [0.1, 0.15) is 23.7 Å². The van der Waals surface area contributed by atoms with E-state index in [1.165, 1.54) is 25.3 Å². The first-order valence-corrected chi connectivity index (χ1v) is 9.40. The second kappa shape index (κ2) is 9.67. The van der Waals surface area contributed by atoms with Gasteiger partial charge in [0.2, 0.25) is 0 Å². The molecule has 0 fully saturated rings. The first kappa shape index (κ1) is 22.4. The Balaban J connectivity index is 2.01. The molecule has 0 aliphatic carbocycles. The first-order chi connectivity index (χ1) is 14.8. The SMILES string of the molecule is COc1ccc(C(=O)N/N=C(/c2nc3cc(Cl)ccc3[nH]c2=O)C(O)C(O)CO)cc1. The average Bonchev–Trinajstić information content (AvgIpc) is 2.78. The molecule has 10 nitrogen and oxygen atoms in total. The van der Waals surface area contributed by atoms with Crippen molar-refractivity contribution in [3.63, 3.8) is 0 Å². The number of aromatic amines is 1. The molecule has 31 heavy (non-hydrogen) atoms. The molecule has 3 aromatic rings. The third kappa shape index (κ3) is 5.06. The number of fused-ring (bicyclic) bond motifs is 1. The molecule has 0 bridgehead atoms. The maximum absolute atomic E-state index is 12.5. The van der Waals surface area contributed by atoms with Crippen LogP contribution in [0, 0.1) is 0 Å². The van der Waals surface area contributed by atoms with Gasteiger partial charge < -0.3 is 25.0 Å². The Bertz CT molecular complexity index is 1180. The Hall–Kier alpha value is -3.31. The van der Waals surface area contributed by atoms with Gasteiger partial charge in [-0.2, -0.15) is 5.10 Å². The molecule has 0 radical (unpaired) electrons. The summed E-state index contributed by atoms with van der Waals surface area (Å²) in [5, 5.41) is 33.7. The van der Waals surface area contributed by atoms with E-state index in [1.54, 1.807) is 24.3 Å². The van der Waals surface area contributed by atoms with E-state index >= 15 is 0 Å². The van der Waals surface area contributed by atoms with Crippen LogP contribution in [-0.2, 0) is 0 Å². The number of methoxy groups -OCH3 is 1. The quantitative estimate of drug-likeness (QED) is 0.260. The summed E-state index contributed by atoms with van der Waals surface area (Å²) in [6.07, 6.45) is -3.49. The van der Waals surface area contributed by atoms with Crippen LogP contribution >= 0.6 is 11.6 Å². The van der Waals surface area contributed by atoms with Gasteiger partial charge in [-0.05, 0) is 42.5 Å². The van der Waals surface area contributed by atoms with Gasteiger partial charge in [0.05, 0.1) is 24.8 Å². The summed E-state index contributed by atoms with van der Waals surface area (Å²) in [5.41, 5.74) is 1.61. The third-order valence-electron chi connectivity index (χ3n) is 4.36. The number of ether oxygens (including phenoxy) is 1. The lowest BCUT2D eigenvalue weighted by Gasteiger charge is -2.17. The van der Waals surface area contributed by atoms with E-state index in [-0.39, 0.29) is 11.3 Å². The highest BCUT2D eigenvalue weighted by molar-refractivity contribution is 6.31. The molecule has 0 aliphatic heterocycles. The zero-order chi connectivity index (χ0) is 22.5. The Morgan fingerprint density at radius 1 is 1.26 bits per heavy atom. The number of aromatic nitrogens is 2. The molecule has 0 aliphatic rings. The lowest BCUT2D eigenvalue weighted by atomic mass is 10.1. The number of aliphatic hydroxyl groups is 3. The molecule has 11 heteroatoms. The fourth-order valence-electron chi connectivity index (χ4n) is 2.69. The van der Waals surface area contributed by atoms with E-state index < -0.39 is 36.0 Å². The van der Waals surface area contributed by atoms with Crippen molar-refractivity contribution in [1.82, 2.24) is 15.4 Å². The lowest BCUT2D eigenvalue weighted by Crippen LogP contribution is -2.41. The van der Waals surface area contributed by atoms with Gasteiger partial charge in [-0.3, -0.25) is 9.59 Å². The largest absolute Gasteiger partial charge is 0.497 e. The smallest absolute Gasteiger partial charge is 0.276 e. The highest BCUT2D eigenvalue weighted by Gasteiger charge is 2.27. The van der Waals surface area contributed by atoms with Crippen LogP contribution in [0.15, 0.2) is 52.4 Å². The van der Waals surface area contributed by atoms with Crippen LogP contribution in [0.5, 0.6) is 5.75 Å². The highest BCUT2D eigenvalue weighted by atomic mass is 35.5. The van der Waals surface area contributed by atoms with E-state index in [2.05, 4.69) is 20.5 Å². The van der Waals surface area contributed by atoms with Crippen LogP contribution < -0.4 is 15.7 Å². The van der Waals surface area contributed by atoms with Crippen molar-refractivity contribution in [2.24, 2.45) is 5.10 Å². The summed E-state index contributed by atoms with van der Waals surface area (Å²) in [5.74, 6) is -0.0982. The number of nitrogens with one attached hydrogen (secondary N) is 2. The molecule has 1 aromatic heterocycles. The van der Waals surface area contributed by atoms with Crippen molar-refractivity contribution in [2.45, 2.75) is 12.2 Å². The summed E-state index contributed by atoms with van der Waals surface area (Å²) in [7, 11) is 1.49. The predicted octanol–water partition coefficient (Wildman–Crippen LogP) is 0.433. The maximum Gasteiger partial charge on any atom is 0.276 e. The number of hydrogen-bond acceptors (Lipinski definition) is 8. The number of halogens is 1. The van der Waals surface area contributed by atoms with Gasteiger partial charge in [-0.15, -0.1) is 0 Å². The number of carbonyl (C=O) groups excluding carboxylic acids is 1. The minimum atomic E-state index is -1.81. The number of nitrogens with zero attached hydrogens (tertiary/aromatic N) is 2. The van der Waals surface area contributed by atoms with Crippen LogP contribution in [0.25, 0.3) is 11.0 Å². The van der Waals surface area contributed by atoms with E-state index in [4.69, 9.17) is 16.3 Å². The van der Waals surface area contributed by atoms with Gasteiger partial charge in [0, 0.05) is 10.6 Å². The van der Waals surface area contributed by atoms with Crippen LogP contribution in [0.2, 0.25) is 5.02 Å². The Morgan fingerprint density at radius 3 is 2.61 bits per heavy atom. The molecule has 162 valence electrons. The van der Waals surface area contributed by atoms with Gasteiger partial charge in [-0.1, -0.05) is 11.6 Å². The number of carbonyl (C=O) groups is 1. The van der Waals surface area contributed by atoms with E-state index in [1.807, 2.05) is 0 Å². The third-order valence-corrected chi connectivity index (χ3v) is 4.59. The first-order valence-electron chi connectivity index (χ1n) is 9.03. The molecule has 3 rings (SSSR count). The van der Waals surface area contributed by atoms with E-state index in [0.29, 0.717) is 21.8 Å². The van der Waals surface area contributed by atoms with Crippen molar-refractivity contribution in [3.8, 4) is 5.75 Å². The molecule has 2 unspecified atom stereocenters. The van der Waals surface area contributed by atoms with Gasteiger partial charge >= 0.3 is 0 Å². The van der Waals surface area contributed by atoms with Crippen molar-refractivity contribution in [3.05, 3.63) is 69.1 Å². The van der Waals surface area contributed by atoms with Crippen molar-refractivity contribution in [1.29, 1.82) is 0 Å². The Labute approximate surface area is 180 Å². The minimum Gasteiger partial charge on any atom is -0.497 e. The summed E-state index contributed by atoms with van der Waals surface area (Å²) in [4.78, 5) is 31.7. The van der Waals surface area contributed by atoms with E-state index in [9.17, 15) is 24.9 Å². The summed E-state index contributed by atoms with van der Waals surface area (Å²) in [6.45, 7) is -0.816. The number of aliphatic hydroxyl groups excluding tert-OH is 3. The second-order valence-electron chi connectivity index (χ2n) is 6.44. The number of hydrogen-bond donors (Lipinski definition) is 5. The number of hydrazone groups is 1. The van der Waals surface area contributed by atoms with Crippen LogP contribution in [-0.4, -0.2) is 62.8 Å². The van der Waals surface area contributed by atoms with E-state index in [0.717, 1.165) is 0 Å². The molecule has 1 amide bonds. The fourth-order valence-corrected chi connectivity index (χ4v) is 2.85. The molecule has 5 N–H and O–H groups in total. The number of amides is 1. The van der Waals surface area contributed by atoms with Crippen LogP contribution in [0.4, 0.5) is 0 Å². The molecule has 0 saturated heterocycles. The average molecular weight is 447 g/mol.